The molecular weight excluding hydrogens is 202 g/mol. The Labute approximate surface area is 75.9 Å². The Bertz CT molecular complexity index is 235. The van der Waals surface area contributed by atoms with E-state index in [4.69, 9.17) is 0 Å². The van der Waals surface area contributed by atoms with Crippen LogP contribution in [0.5, 0.6) is 0 Å². The van der Waals surface area contributed by atoms with Crippen LogP contribution in [0.15, 0.2) is 28.7 Å². The zero-order valence-electron chi connectivity index (χ0n) is 6.76. The first-order chi connectivity index (χ1) is 5.25. The highest BCUT2D eigenvalue weighted by atomic mass is 79.9. The molecule has 0 aliphatic heterocycles. The van der Waals surface area contributed by atoms with Crippen molar-refractivity contribution in [3.05, 3.63) is 34.3 Å². The van der Waals surface area contributed by atoms with Gasteiger partial charge in [-0.25, -0.2) is 0 Å². The smallest absolute Gasteiger partial charge is 0.0300 e. The molecule has 0 aliphatic carbocycles. The van der Waals surface area contributed by atoms with E-state index in [1.807, 2.05) is 19.2 Å². The molecule has 1 aromatic rings. The zero-order valence-corrected chi connectivity index (χ0v) is 8.35. The molecule has 1 aromatic carbocycles. The van der Waals surface area contributed by atoms with Gasteiger partial charge in [-0.2, -0.15) is 0 Å². The molecule has 0 heterocycles. The number of hydrogen-bond acceptors (Lipinski definition) is 1. The lowest BCUT2D eigenvalue weighted by molar-refractivity contribution is 0.649. The molecule has 0 unspecified atom stereocenters. The lowest BCUT2D eigenvalue weighted by atomic mass is 10.1. The van der Waals surface area contributed by atoms with Gasteiger partial charge in [0.05, 0.1) is 0 Å². The summed E-state index contributed by atoms with van der Waals surface area (Å²) in [4.78, 5) is 0. The molecule has 0 saturated carbocycles. The van der Waals surface area contributed by atoms with Crippen LogP contribution in [-0.2, 0) is 0 Å². The van der Waals surface area contributed by atoms with Gasteiger partial charge >= 0.3 is 0 Å². The van der Waals surface area contributed by atoms with Crippen LogP contribution in [0.1, 0.15) is 18.5 Å². The Balaban J connectivity index is 2.93. The third-order valence-electron chi connectivity index (χ3n) is 1.80. The van der Waals surface area contributed by atoms with Crippen LogP contribution in [0.2, 0.25) is 0 Å². The molecule has 2 heteroatoms. The Kier molecular flexibility index (Phi) is 3.09. The maximum absolute atomic E-state index is 3.50. The quantitative estimate of drug-likeness (QED) is 0.798. The SMILES string of the molecule is CN[C@H](C)c1ccccc1Br. The first kappa shape index (κ1) is 8.75. The van der Waals surface area contributed by atoms with Gasteiger partial charge in [-0.05, 0) is 25.6 Å². The minimum Gasteiger partial charge on any atom is -0.313 e. The van der Waals surface area contributed by atoms with E-state index < -0.39 is 0 Å². The molecule has 0 aliphatic rings. The van der Waals surface area contributed by atoms with E-state index in [2.05, 4.69) is 40.3 Å². The van der Waals surface area contributed by atoms with E-state index in [1.165, 1.54) is 10.0 Å². The fraction of sp³-hybridized carbons (Fsp3) is 0.333. The van der Waals surface area contributed by atoms with E-state index in [9.17, 15) is 0 Å². The Morgan fingerprint density at radius 1 is 1.36 bits per heavy atom. The topological polar surface area (TPSA) is 12.0 Å². The maximum atomic E-state index is 3.50. The van der Waals surface area contributed by atoms with Crippen LogP contribution >= 0.6 is 15.9 Å². The molecule has 0 radical (unpaired) electrons. The maximum Gasteiger partial charge on any atom is 0.0300 e. The predicted molar refractivity (Wildman–Crippen MR) is 51.6 cm³/mol. The zero-order chi connectivity index (χ0) is 8.27. The van der Waals surface area contributed by atoms with Crippen molar-refractivity contribution in [2.75, 3.05) is 7.05 Å². The molecule has 60 valence electrons. The molecule has 0 saturated heterocycles. The van der Waals surface area contributed by atoms with Crippen molar-refractivity contribution in [3.63, 3.8) is 0 Å². The lowest BCUT2D eigenvalue weighted by Crippen LogP contribution is -2.12. The standard InChI is InChI=1S/C9H12BrN/c1-7(11-2)8-5-3-4-6-9(8)10/h3-7,11H,1-2H3/t7-/m1/s1. The first-order valence-corrected chi connectivity index (χ1v) is 4.46. The third kappa shape index (κ3) is 2.04. The average Bonchev–Trinajstić information content (AvgIpc) is 2.04. The molecule has 1 N–H and O–H groups in total. The van der Waals surface area contributed by atoms with Crippen molar-refractivity contribution < 1.29 is 0 Å². The Morgan fingerprint density at radius 3 is 2.55 bits per heavy atom. The van der Waals surface area contributed by atoms with Gasteiger partial charge in [0.2, 0.25) is 0 Å². The van der Waals surface area contributed by atoms with Gasteiger partial charge in [0, 0.05) is 10.5 Å². The van der Waals surface area contributed by atoms with Crippen LogP contribution < -0.4 is 5.32 Å². The van der Waals surface area contributed by atoms with Crippen molar-refractivity contribution in [3.8, 4) is 0 Å². The van der Waals surface area contributed by atoms with Crippen LogP contribution in [0.25, 0.3) is 0 Å². The molecule has 0 spiro atoms. The first-order valence-electron chi connectivity index (χ1n) is 3.67. The monoisotopic (exact) mass is 213 g/mol. The van der Waals surface area contributed by atoms with E-state index in [0.29, 0.717) is 6.04 Å². The van der Waals surface area contributed by atoms with Gasteiger partial charge in [0.1, 0.15) is 0 Å². The highest BCUT2D eigenvalue weighted by Crippen LogP contribution is 2.21. The molecule has 1 rings (SSSR count). The second-order valence-corrected chi connectivity index (χ2v) is 3.39. The molecule has 0 aromatic heterocycles. The fourth-order valence-electron chi connectivity index (χ4n) is 0.982. The summed E-state index contributed by atoms with van der Waals surface area (Å²) in [7, 11) is 1.96. The third-order valence-corrected chi connectivity index (χ3v) is 2.53. The Morgan fingerprint density at radius 2 is 2.00 bits per heavy atom. The van der Waals surface area contributed by atoms with E-state index in [-0.39, 0.29) is 0 Å². The van der Waals surface area contributed by atoms with Crippen LogP contribution in [0.4, 0.5) is 0 Å². The number of nitrogens with one attached hydrogen (secondary N) is 1. The largest absolute Gasteiger partial charge is 0.313 e. The number of hydrogen-bond donors (Lipinski definition) is 1. The molecular formula is C9H12BrN. The van der Waals surface area contributed by atoms with Gasteiger partial charge < -0.3 is 5.32 Å². The second kappa shape index (κ2) is 3.88. The summed E-state index contributed by atoms with van der Waals surface area (Å²) >= 11 is 3.50. The summed E-state index contributed by atoms with van der Waals surface area (Å²) in [5.74, 6) is 0. The number of rotatable bonds is 2. The highest BCUT2D eigenvalue weighted by Gasteiger charge is 2.04. The summed E-state index contributed by atoms with van der Waals surface area (Å²) < 4.78 is 1.17. The molecule has 1 nitrogen and oxygen atoms in total. The van der Waals surface area contributed by atoms with E-state index in [1.54, 1.807) is 0 Å². The minimum atomic E-state index is 0.408. The Hall–Kier alpha value is -0.340. The van der Waals surface area contributed by atoms with Crippen molar-refractivity contribution >= 4 is 15.9 Å². The number of halogens is 1. The number of benzene rings is 1. The summed E-state index contributed by atoms with van der Waals surface area (Å²) in [6, 6.07) is 8.66. The second-order valence-electron chi connectivity index (χ2n) is 2.53. The molecule has 0 bridgehead atoms. The van der Waals surface area contributed by atoms with Gasteiger partial charge in [-0.3, -0.25) is 0 Å². The molecule has 1 atom stereocenters. The van der Waals surface area contributed by atoms with Crippen molar-refractivity contribution in [1.82, 2.24) is 5.32 Å². The van der Waals surface area contributed by atoms with Crippen molar-refractivity contribution in [2.24, 2.45) is 0 Å². The summed E-state index contributed by atoms with van der Waals surface area (Å²) in [5, 5.41) is 3.19. The molecule has 11 heavy (non-hydrogen) atoms. The highest BCUT2D eigenvalue weighted by molar-refractivity contribution is 9.10. The van der Waals surface area contributed by atoms with Crippen LogP contribution in [0.3, 0.4) is 0 Å². The summed E-state index contributed by atoms with van der Waals surface area (Å²) in [5.41, 5.74) is 1.30. The van der Waals surface area contributed by atoms with Crippen molar-refractivity contribution in [1.29, 1.82) is 0 Å². The fourth-order valence-corrected chi connectivity index (χ4v) is 1.61. The van der Waals surface area contributed by atoms with E-state index >= 15 is 0 Å². The van der Waals surface area contributed by atoms with E-state index in [0.717, 1.165) is 0 Å². The minimum absolute atomic E-state index is 0.408. The molecule has 0 amide bonds. The molecule has 0 fully saturated rings. The van der Waals surface area contributed by atoms with Gasteiger partial charge in [0.15, 0.2) is 0 Å². The normalized spacial score (nSPS) is 13.0. The average molecular weight is 214 g/mol. The summed E-state index contributed by atoms with van der Waals surface area (Å²) in [6.45, 7) is 2.14. The lowest BCUT2D eigenvalue weighted by Gasteiger charge is -2.11. The van der Waals surface area contributed by atoms with Gasteiger partial charge in [0.25, 0.3) is 0 Å². The summed E-state index contributed by atoms with van der Waals surface area (Å²) in [6.07, 6.45) is 0. The van der Waals surface area contributed by atoms with Crippen LogP contribution in [-0.4, -0.2) is 7.05 Å². The van der Waals surface area contributed by atoms with Crippen LogP contribution in [0, 0.1) is 0 Å². The van der Waals surface area contributed by atoms with Gasteiger partial charge in [-0.1, -0.05) is 34.1 Å². The predicted octanol–water partition coefficient (Wildman–Crippen LogP) is 2.73. The van der Waals surface area contributed by atoms with Gasteiger partial charge in [-0.15, -0.1) is 0 Å². The van der Waals surface area contributed by atoms with Crippen molar-refractivity contribution in [2.45, 2.75) is 13.0 Å².